The Morgan fingerprint density at radius 3 is 2.78 bits per heavy atom. The van der Waals surface area contributed by atoms with Crippen molar-refractivity contribution >= 4 is 28.2 Å². The van der Waals surface area contributed by atoms with Gasteiger partial charge >= 0.3 is 0 Å². The third-order valence-corrected chi connectivity index (χ3v) is 4.98. The maximum absolute atomic E-state index is 12.9. The van der Waals surface area contributed by atoms with Crippen LogP contribution in [0.2, 0.25) is 0 Å². The van der Waals surface area contributed by atoms with Gasteiger partial charge in [0.25, 0.3) is 0 Å². The van der Waals surface area contributed by atoms with E-state index in [0.717, 1.165) is 9.90 Å². The second-order valence-electron chi connectivity index (χ2n) is 4.79. The normalized spacial score (nSPS) is 12.3. The van der Waals surface area contributed by atoms with Gasteiger partial charge in [0.2, 0.25) is 11.0 Å². The number of anilines is 1. The summed E-state index contributed by atoms with van der Waals surface area (Å²) in [6, 6.07) is 6.34. The second-order valence-corrected chi connectivity index (χ2v) is 7.36. The molecule has 0 aliphatic heterocycles. The maximum atomic E-state index is 12.9. The minimum absolute atomic E-state index is 0.00842. The van der Waals surface area contributed by atoms with E-state index in [4.69, 9.17) is 4.52 Å². The fourth-order valence-corrected chi connectivity index (χ4v) is 3.71. The van der Waals surface area contributed by atoms with E-state index in [-0.39, 0.29) is 11.1 Å². The van der Waals surface area contributed by atoms with Crippen LogP contribution in [0.3, 0.4) is 0 Å². The van der Waals surface area contributed by atoms with Gasteiger partial charge < -0.3 is 9.84 Å². The Bertz CT molecular complexity index is 774. The van der Waals surface area contributed by atoms with Gasteiger partial charge in [-0.2, -0.15) is 4.98 Å². The van der Waals surface area contributed by atoms with Gasteiger partial charge in [-0.3, -0.25) is 0 Å². The number of rotatable bonds is 6. The summed E-state index contributed by atoms with van der Waals surface area (Å²) in [5, 5.41) is 15.9. The summed E-state index contributed by atoms with van der Waals surface area (Å²) in [4.78, 5) is 4.21. The molecule has 3 rings (SSSR count). The predicted molar refractivity (Wildman–Crippen MR) is 86.9 cm³/mol. The zero-order chi connectivity index (χ0) is 16.2. The van der Waals surface area contributed by atoms with Crippen molar-refractivity contribution in [1.82, 2.24) is 20.3 Å². The number of thioether (sulfide) groups is 1. The lowest BCUT2D eigenvalue weighted by atomic mass is 10.2. The van der Waals surface area contributed by atoms with E-state index in [1.165, 1.54) is 35.2 Å². The van der Waals surface area contributed by atoms with E-state index >= 15 is 0 Å². The molecular weight excluding hydrogens is 337 g/mol. The first kappa shape index (κ1) is 15.9. The van der Waals surface area contributed by atoms with Gasteiger partial charge in [-0.1, -0.05) is 40.4 Å². The summed E-state index contributed by atoms with van der Waals surface area (Å²) >= 11 is 2.96. The molecule has 0 radical (unpaired) electrons. The van der Waals surface area contributed by atoms with E-state index in [9.17, 15) is 4.39 Å². The highest BCUT2D eigenvalue weighted by molar-refractivity contribution is 8.01. The van der Waals surface area contributed by atoms with Crippen molar-refractivity contribution in [3.05, 3.63) is 47.4 Å². The van der Waals surface area contributed by atoms with Gasteiger partial charge in [-0.15, -0.1) is 10.2 Å². The van der Waals surface area contributed by atoms with E-state index < -0.39 is 0 Å². The first-order valence-electron chi connectivity index (χ1n) is 6.89. The molecule has 6 nitrogen and oxygen atoms in total. The number of benzene rings is 1. The molecule has 0 bridgehead atoms. The Labute approximate surface area is 140 Å². The van der Waals surface area contributed by atoms with Gasteiger partial charge in [0.15, 0.2) is 10.2 Å². The fraction of sp³-hybridized carbons (Fsp3) is 0.286. The SMILES string of the molecule is Cc1noc(C(C)Sc2nnc(NCc3ccc(F)cc3)s2)n1. The monoisotopic (exact) mass is 351 g/mol. The molecule has 2 heterocycles. The standard InChI is InChI=1S/C14H14FN5OS2/c1-8(12-17-9(2)20-21-12)22-14-19-18-13(23-14)16-7-10-3-5-11(15)6-4-10/h3-6,8H,7H2,1-2H3,(H,16,18). The quantitative estimate of drug-likeness (QED) is 0.676. The molecule has 0 spiro atoms. The first-order valence-corrected chi connectivity index (χ1v) is 8.58. The molecule has 1 aromatic carbocycles. The van der Waals surface area contributed by atoms with Crippen LogP contribution in [0, 0.1) is 12.7 Å². The van der Waals surface area contributed by atoms with Gasteiger partial charge in [-0.05, 0) is 31.5 Å². The van der Waals surface area contributed by atoms with E-state index in [1.54, 1.807) is 19.1 Å². The van der Waals surface area contributed by atoms with Crippen LogP contribution >= 0.6 is 23.1 Å². The number of hydrogen-bond acceptors (Lipinski definition) is 8. The highest BCUT2D eigenvalue weighted by Gasteiger charge is 2.17. The molecule has 3 aromatic rings. The molecule has 0 aliphatic rings. The van der Waals surface area contributed by atoms with Crippen molar-refractivity contribution in [2.45, 2.75) is 30.0 Å². The van der Waals surface area contributed by atoms with Crippen LogP contribution in [0.4, 0.5) is 9.52 Å². The van der Waals surface area contributed by atoms with Gasteiger partial charge in [0, 0.05) is 6.54 Å². The summed E-state index contributed by atoms with van der Waals surface area (Å²) in [7, 11) is 0. The number of nitrogens with zero attached hydrogens (tertiary/aromatic N) is 4. The number of aromatic nitrogens is 4. The van der Waals surface area contributed by atoms with Crippen LogP contribution in [0.25, 0.3) is 0 Å². The summed E-state index contributed by atoms with van der Waals surface area (Å²) in [6.45, 7) is 4.33. The van der Waals surface area contributed by atoms with Crippen LogP contribution in [0.15, 0.2) is 33.1 Å². The Morgan fingerprint density at radius 1 is 1.30 bits per heavy atom. The summed E-state index contributed by atoms with van der Waals surface area (Å²) < 4.78 is 18.8. The molecule has 1 unspecified atom stereocenters. The maximum Gasteiger partial charge on any atom is 0.239 e. The van der Waals surface area contributed by atoms with Crippen LogP contribution in [0.1, 0.15) is 29.5 Å². The van der Waals surface area contributed by atoms with Crippen molar-refractivity contribution in [1.29, 1.82) is 0 Å². The molecule has 0 fully saturated rings. The number of aryl methyl sites for hydroxylation is 1. The lowest BCUT2D eigenvalue weighted by Crippen LogP contribution is -1.98. The Hall–Kier alpha value is -2.00. The number of hydrogen-bond donors (Lipinski definition) is 1. The third kappa shape index (κ3) is 4.26. The van der Waals surface area contributed by atoms with Crippen molar-refractivity contribution in [3.63, 3.8) is 0 Å². The molecule has 23 heavy (non-hydrogen) atoms. The van der Waals surface area contributed by atoms with Crippen LogP contribution in [0.5, 0.6) is 0 Å². The highest BCUT2D eigenvalue weighted by Crippen LogP contribution is 2.36. The van der Waals surface area contributed by atoms with Crippen LogP contribution < -0.4 is 5.32 Å². The zero-order valence-corrected chi connectivity index (χ0v) is 14.1. The van der Waals surface area contributed by atoms with Crippen molar-refractivity contribution < 1.29 is 8.91 Å². The van der Waals surface area contributed by atoms with Crippen molar-refractivity contribution in [2.24, 2.45) is 0 Å². The van der Waals surface area contributed by atoms with Crippen LogP contribution in [-0.4, -0.2) is 20.3 Å². The smallest absolute Gasteiger partial charge is 0.239 e. The van der Waals surface area contributed by atoms with Crippen molar-refractivity contribution in [3.8, 4) is 0 Å². The minimum Gasteiger partial charge on any atom is -0.356 e. The lowest BCUT2D eigenvalue weighted by Gasteiger charge is -2.02. The first-order chi connectivity index (χ1) is 11.1. The molecule has 9 heteroatoms. The second kappa shape index (κ2) is 7.05. The topological polar surface area (TPSA) is 76.7 Å². The largest absolute Gasteiger partial charge is 0.356 e. The Balaban J connectivity index is 1.56. The van der Waals surface area contributed by atoms with Gasteiger partial charge in [0.05, 0.1) is 5.25 Å². The van der Waals surface area contributed by atoms with Gasteiger partial charge in [0.1, 0.15) is 5.82 Å². The summed E-state index contributed by atoms with van der Waals surface area (Å²) in [6.07, 6.45) is 0. The zero-order valence-electron chi connectivity index (χ0n) is 12.5. The third-order valence-electron chi connectivity index (χ3n) is 2.93. The highest BCUT2D eigenvalue weighted by atomic mass is 32.2. The number of nitrogens with one attached hydrogen (secondary N) is 1. The van der Waals surface area contributed by atoms with E-state index in [2.05, 4.69) is 25.7 Å². The average Bonchev–Trinajstić information content (AvgIpc) is 3.16. The summed E-state index contributed by atoms with van der Waals surface area (Å²) in [5.74, 6) is 0.948. The molecule has 2 aromatic heterocycles. The van der Waals surface area contributed by atoms with Crippen LogP contribution in [-0.2, 0) is 6.54 Å². The van der Waals surface area contributed by atoms with Crippen molar-refractivity contribution in [2.75, 3.05) is 5.32 Å². The Kier molecular flexibility index (Phi) is 4.87. The molecule has 120 valence electrons. The fourth-order valence-electron chi connectivity index (χ4n) is 1.79. The van der Waals surface area contributed by atoms with E-state index in [0.29, 0.717) is 23.4 Å². The minimum atomic E-state index is -0.242. The predicted octanol–water partition coefficient (Wildman–Crippen LogP) is 3.83. The molecular formula is C14H14FN5OS2. The van der Waals surface area contributed by atoms with E-state index in [1.807, 2.05) is 6.92 Å². The molecule has 1 N–H and O–H groups in total. The molecule has 0 aliphatic carbocycles. The summed E-state index contributed by atoms with van der Waals surface area (Å²) in [5.41, 5.74) is 0.977. The molecule has 0 saturated heterocycles. The van der Waals surface area contributed by atoms with Gasteiger partial charge in [-0.25, -0.2) is 4.39 Å². The molecule has 1 atom stereocenters. The average molecular weight is 351 g/mol. The molecule has 0 amide bonds. The lowest BCUT2D eigenvalue weighted by molar-refractivity contribution is 0.376. The number of halogens is 1. The molecule has 0 saturated carbocycles. The Morgan fingerprint density at radius 2 is 2.09 bits per heavy atom.